The van der Waals surface area contributed by atoms with Crippen LogP contribution in [0.4, 0.5) is 0 Å². The van der Waals surface area contributed by atoms with Crippen molar-refractivity contribution in [3.05, 3.63) is 56.8 Å². The molecule has 0 amide bonds. The van der Waals surface area contributed by atoms with Crippen molar-refractivity contribution < 1.29 is 0 Å². The molecule has 0 bridgehead atoms. The van der Waals surface area contributed by atoms with E-state index < -0.39 is 0 Å². The Morgan fingerprint density at radius 2 is 2.00 bits per heavy atom. The SMILES string of the molecule is CCc1ccc(C(N)Cc2ccc3c(c2)CCC3)s1. The van der Waals surface area contributed by atoms with Gasteiger partial charge in [0.05, 0.1) is 0 Å². The Morgan fingerprint density at radius 1 is 1.16 bits per heavy atom. The zero-order valence-electron chi connectivity index (χ0n) is 11.5. The largest absolute Gasteiger partial charge is 0.323 e. The first-order valence-electron chi connectivity index (χ1n) is 7.21. The molecule has 2 heteroatoms. The van der Waals surface area contributed by atoms with Gasteiger partial charge in [-0.05, 0) is 60.9 Å². The van der Waals surface area contributed by atoms with Crippen LogP contribution in [0.25, 0.3) is 0 Å². The Morgan fingerprint density at radius 3 is 2.79 bits per heavy atom. The van der Waals surface area contributed by atoms with Gasteiger partial charge in [0, 0.05) is 15.8 Å². The molecule has 1 aromatic carbocycles. The standard InChI is InChI=1S/C17H21NS/c1-2-15-8-9-17(19-15)16(18)11-12-6-7-13-4-3-5-14(13)10-12/h6-10,16H,2-5,11,18H2,1H3. The lowest BCUT2D eigenvalue weighted by Crippen LogP contribution is -2.11. The summed E-state index contributed by atoms with van der Waals surface area (Å²) in [5.74, 6) is 0. The van der Waals surface area contributed by atoms with Crippen molar-refractivity contribution in [3.8, 4) is 0 Å². The first kappa shape index (κ1) is 12.9. The third-order valence-corrected chi connectivity index (χ3v) is 5.38. The summed E-state index contributed by atoms with van der Waals surface area (Å²) in [7, 11) is 0. The number of thiophene rings is 1. The van der Waals surface area contributed by atoms with Gasteiger partial charge >= 0.3 is 0 Å². The van der Waals surface area contributed by atoms with Gasteiger partial charge < -0.3 is 5.73 Å². The third kappa shape index (κ3) is 2.75. The Labute approximate surface area is 119 Å². The second kappa shape index (κ2) is 5.48. The second-order valence-corrected chi connectivity index (χ2v) is 6.62. The number of rotatable bonds is 4. The second-order valence-electron chi connectivity index (χ2n) is 5.42. The molecule has 1 aliphatic rings. The normalized spacial score (nSPS) is 15.5. The summed E-state index contributed by atoms with van der Waals surface area (Å²) in [5, 5.41) is 0. The molecule has 2 N–H and O–H groups in total. The number of fused-ring (bicyclic) bond motifs is 1. The summed E-state index contributed by atoms with van der Waals surface area (Å²) in [4.78, 5) is 2.75. The molecule has 1 aromatic heterocycles. The maximum Gasteiger partial charge on any atom is 0.0430 e. The summed E-state index contributed by atoms with van der Waals surface area (Å²) in [5.41, 5.74) is 10.8. The lowest BCUT2D eigenvalue weighted by Gasteiger charge is -2.11. The monoisotopic (exact) mass is 271 g/mol. The van der Waals surface area contributed by atoms with E-state index in [0.29, 0.717) is 0 Å². The molecule has 2 aromatic rings. The molecule has 1 atom stereocenters. The Hall–Kier alpha value is -1.12. The minimum Gasteiger partial charge on any atom is -0.323 e. The van der Waals surface area contributed by atoms with E-state index in [1.807, 2.05) is 11.3 Å². The Balaban J connectivity index is 1.73. The number of hydrogen-bond acceptors (Lipinski definition) is 2. The average Bonchev–Trinajstić information content (AvgIpc) is 3.06. The first-order valence-corrected chi connectivity index (χ1v) is 8.03. The summed E-state index contributed by atoms with van der Waals surface area (Å²) < 4.78 is 0. The quantitative estimate of drug-likeness (QED) is 0.892. The van der Waals surface area contributed by atoms with Crippen molar-refractivity contribution in [1.82, 2.24) is 0 Å². The fourth-order valence-corrected chi connectivity index (χ4v) is 3.84. The Kier molecular flexibility index (Phi) is 3.72. The van der Waals surface area contributed by atoms with E-state index in [0.717, 1.165) is 12.8 Å². The van der Waals surface area contributed by atoms with Crippen LogP contribution >= 0.6 is 11.3 Å². The van der Waals surface area contributed by atoms with Crippen LogP contribution in [0.15, 0.2) is 30.3 Å². The number of nitrogens with two attached hydrogens (primary N) is 1. The highest BCUT2D eigenvalue weighted by Gasteiger charge is 2.14. The van der Waals surface area contributed by atoms with E-state index in [2.05, 4.69) is 37.3 Å². The van der Waals surface area contributed by atoms with Gasteiger partial charge in [0.1, 0.15) is 0 Å². The molecule has 0 saturated heterocycles. The summed E-state index contributed by atoms with van der Waals surface area (Å²) >= 11 is 1.86. The van der Waals surface area contributed by atoms with Gasteiger partial charge in [0.15, 0.2) is 0 Å². The molecule has 1 nitrogen and oxygen atoms in total. The van der Waals surface area contributed by atoms with Crippen molar-refractivity contribution in [3.63, 3.8) is 0 Å². The molecule has 100 valence electrons. The minimum atomic E-state index is 0.143. The van der Waals surface area contributed by atoms with Crippen molar-refractivity contribution >= 4 is 11.3 Å². The smallest absolute Gasteiger partial charge is 0.0430 e. The molecule has 1 unspecified atom stereocenters. The van der Waals surface area contributed by atoms with E-state index in [1.165, 1.54) is 34.6 Å². The summed E-state index contributed by atoms with van der Waals surface area (Å²) in [6, 6.07) is 11.5. The van der Waals surface area contributed by atoms with Gasteiger partial charge in [0.2, 0.25) is 0 Å². The minimum absolute atomic E-state index is 0.143. The maximum atomic E-state index is 6.35. The number of aryl methyl sites for hydroxylation is 3. The molecule has 19 heavy (non-hydrogen) atoms. The van der Waals surface area contributed by atoms with E-state index in [-0.39, 0.29) is 6.04 Å². The molecule has 0 radical (unpaired) electrons. The van der Waals surface area contributed by atoms with Gasteiger partial charge in [-0.15, -0.1) is 11.3 Å². The first-order chi connectivity index (χ1) is 9.26. The van der Waals surface area contributed by atoms with Crippen LogP contribution in [0, 0.1) is 0 Å². The lowest BCUT2D eigenvalue weighted by atomic mass is 10.0. The zero-order chi connectivity index (χ0) is 13.2. The van der Waals surface area contributed by atoms with E-state index in [1.54, 1.807) is 11.1 Å². The molecule has 1 aliphatic carbocycles. The summed E-state index contributed by atoms with van der Waals surface area (Å²) in [6.45, 7) is 2.20. The van der Waals surface area contributed by atoms with Crippen LogP contribution < -0.4 is 5.73 Å². The molecular formula is C17H21NS. The summed E-state index contributed by atoms with van der Waals surface area (Å²) in [6.07, 6.45) is 5.88. The molecule has 0 aliphatic heterocycles. The molecule has 0 saturated carbocycles. The highest BCUT2D eigenvalue weighted by atomic mass is 32.1. The van der Waals surface area contributed by atoms with Crippen molar-refractivity contribution in [2.45, 2.75) is 45.1 Å². The lowest BCUT2D eigenvalue weighted by molar-refractivity contribution is 0.736. The van der Waals surface area contributed by atoms with Crippen molar-refractivity contribution in [1.29, 1.82) is 0 Å². The van der Waals surface area contributed by atoms with E-state index >= 15 is 0 Å². The van der Waals surface area contributed by atoms with E-state index in [4.69, 9.17) is 5.73 Å². The van der Waals surface area contributed by atoms with Crippen LogP contribution in [0.1, 0.15) is 45.8 Å². The molecule has 1 heterocycles. The zero-order valence-corrected chi connectivity index (χ0v) is 12.3. The fraction of sp³-hybridized carbons (Fsp3) is 0.412. The molecular weight excluding hydrogens is 250 g/mol. The third-order valence-electron chi connectivity index (χ3n) is 4.01. The van der Waals surface area contributed by atoms with Crippen molar-refractivity contribution in [2.24, 2.45) is 5.73 Å². The van der Waals surface area contributed by atoms with Crippen LogP contribution in [0.2, 0.25) is 0 Å². The molecule has 3 rings (SSSR count). The molecule has 0 fully saturated rings. The fourth-order valence-electron chi connectivity index (χ4n) is 2.89. The molecule has 0 spiro atoms. The van der Waals surface area contributed by atoms with Gasteiger partial charge in [-0.1, -0.05) is 25.1 Å². The number of hydrogen-bond donors (Lipinski definition) is 1. The topological polar surface area (TPSA) is 26.0 Å². The van der Waals surface area contributed by atoms with Gasteiger partial charge in [0.25, 0.3) is 0 Å². The van der Waals surface area contributed by atoms with Gasteiger partial charge in [-0.2, -0.15) is 0 Å². The van der Waals surface area contributed by atoms with Crippen molar-refractivity contribution in [2.75, 3.05) is 0 Å². The number of benzene rings is 1. The predicted molar refractivity (Wildman–Crippen MR) is 82.8 cm³/mol. The van der Waals surface area contributed by atoms with Crippen LogP contribution in [-0.2, 0) is 25.7 Å². The van der Waals surface area contributed by atoms with E-state index in [9.17, 15) is 0 Å². The average molecular weight is 271 g/mol. The Bertz CT molecular complexity index is 570. The van der Waals surface area contributed by atoms with Crippen LogP contribution in [-0.4, -0.2) is 0 Å². The highest BCUT2D eigenvalue weighted by molar-refractivity contribution is 7.12. The van der Waals surface area contributed by atoms with Crippen LogP contribution in [0.5, 0.6) is 0 Å². The highest BCUT2D eigenvalue weighted by Crippen LogP contribution is 2.27. The van der Waals surface area contributed by atoms with Gasteiger partial charge in [-0.25, -0.2) is 0 Å². The predicted octanol–water partition coefficient (Wildman–Crippen LogP) is 4.04. The van der Waals surface area contributed by atoms with Gasteiger partial charge in [-0.3, -0.25) is 0 Å². The maximum absolute atomic E-state index is 6.35. The van der Waals surface area contributed by atoms with Crippen LogP contribution in [0.3, 0.4) is 0 Å².